The Morgan fingerprint density at radius 3 is 2.34 bits per heavy atom. The summed E-state index contributed by atoms with van der Waals surface area (Å²) in [6.07, 6.45) is 0.524. The number of benzene rings is 3. The van der Waals surface area contributed by atoms with Crippen molar-refractivity contribution in [2.45, 2.75) is 12.5 Å². The van der Waals surface area contributed by atoms with Gasteiger partial charge in [0.1, 0.15) is 18.0 Å². The second-order valence-corrected chi connectivity index (χ2v) is 8.61. The van der Waals surface area contributed by atoms with Crippen LogP contribution in [0.1, 0.15) is 33.9 Å². The maximum absolute atomic E-state index is 13.4. The van der Waals surface area contributed by atoms with E-state index in [0.29, 0.717) is 28.5 Å². The Morgan fingerprint density at radius 2 is 1.69 bits per heavy atom. The van der Waals surface area contributed by atoms with Crippen molar-refractivity contribution in [3.63, 3.8) is 0 Å². The molecule has 0 fully saturated rings. The molecule has 4 rings (SSSR count). The van der Waals surface area contributed by atoms with Gasteiger partial charge in [0, 0.05) is 29.6 Å². The molecule has 180 valence electrons. The van der Waals surface area contributed by atoms with Crippen LogP contribution >= 0.6 is 11.6 Å². The predicted octanol–water partition coefficient (Wildman–Crippen LogP) is 4.81. The number of rotatable bonds is 7. The van der Waals surface area contributed by atoms with Crippen LogP contribution in [0.3, 0.4) is 0 Å². The van der Waals surface area contributed by atoms with E-state index in [1.165, 1.54) is 9.91 Å². The number of amides is 2. The zero-order valence-electron chi connectivity index (χ0n) is 19.8. The van der Waals surface area contributed by atoms with Crippen LogP contribution in [0.15, 0.2) is 77.9 Å². The van der Waals surface area contributed by atoms with Crippen molar-refractivity contribution in [3.8, 4) is 11.5 Å². The summed E-state index contributed by atoms with van der Waals surface area (Å²) in [7, 11) is 4.77. The Hall–Kier alpha value is -3.84. The number of methoxy groups -OCH3 is 2. The minimum absolute atomic E-state index is 0.121. The number of carbonyl (C=O) groups is 2. The van der Waals surface area contributed by atoms with E-state index in [-0.39, 0.29) is 24.4 Å². The molecule has 2 amide bonds. The van der Waals surface area contributed by atoms with Crippen LogP contribution in [0.4, 0.5) is 0 Å². The number of halogens is 1. The van der Waals surface area contributed by atoms with E-state index in [1.807, 2.05) is 36.4 Å². The van der Waals surface area contributed by atoms with Crippen molar-refractivity contribution in [2.75, 3.05) is 27.8 Å². The van der Waals surface area contributed by atoms with E-state index < -0.39 is 0 Å². The van der Waals surface area contributed by atoms with Crippen LogP contribution in [-0.2, 0) is 4.79 Å². The lowest BCUT2D eigenvalue weighted by atomic mass is 9.98. The van der Waals surface area contributed by atoms with Crippen LogP contribution < -0.4 is 9.47 Å². The van der Waals surface area contributed by atoms with Gasteiger partial charge in [0.05, 0.1) is 26.0 Å². The fourth-order valence-corrected chi connectivity index (χ4v) is 4.09. The van der Waals surface area contributed by atoms with E-state index in [0.717, 1.165) is 16.8 Å². The van der Waals surface area contributed by atoms with Crippen molar-refractivity contribution in [1.29, 1.82) is 0 Å². The number of hydrogen-bond acceptors (Lipinski definition) is 5. The molecular weight excluding hydrogens is 466 g/mol. The fourth-order valence-electron chi connectivity index (χ4n) is 3.96. The molecule has 0 N–H and O–H groups in total. The monoisotopic (exact) mass is 491 g/mol. The third-order valence-electron chi connectivity index (χ3n) is 5.88. The summed E-state index contributed by atoms with van der Waals surface area (Å²) >= 11 is 6.08. The van der Waals surface area contributed by atoms with Gasteiger partial charge in [0.25, 0.3) is 11.8 Å². The zero-order chi connectivity index (χ0) is 24.9. The molecule has 0 bridgehead atoms. The van der Waals surface area contributed by atoms with Crippen molar-refractivity contribution in [1.82, 2.24) is 9.91 Å². The van der Waals surface area contributed by atoms with Gasteiger partial charge in [-0.1, -0.05) is 35.9 Å². The molecule has 0 aromatic heterocycles. The Morgan fingerprint density at radius 1 is 1.00 bits per heavy atom. The molecule has 7 nitrogen and oxygen atoms in total. The highest BCUT2D eigenvalue weighted by molar-refractivity contribution is 6.30. The molecule has 0 spiro atoms. The van der Waals surface area contributed by atoms with Crippen molar-refractivity contribution >= 4 is 29.1 Å². The van der Waals surface area contributed by atoms with Crippen molar-refractivity contribution in [2.24, 2.45) is 5.10 Å². The third kappa shape index (κ3) is 5.46. The van der Waals surface area contributed by atoms with Gasteiger partial charge < -0.3 is 14.4 Å². The standard InChI is InChI=1S/C27H26ClN3O4/c1-30(27(33)19-9-13-22(34-2)14-10-19)17-26(32)31-25(18-7-11-21(28)12-8-18)16-24(29-31)20-5-4-6-23(15-20)35-3/h4-15,25H,16-17H2,1-3H3. The molecule has 0 aliphatic carbocycles. The summed E-state index contributed by atoms with van der Waals surface area (Å²) in [6.45, 7) is -0.121. The zero-order valence-corrected chi connectivity index (χ0v) is 20.5. The highest BCUT2D eigenvalue weighted by Crippen LogP contribution is 2.34. The minimum Gasteiger partial charge on any atom is -0.497 e. The quantitative estimate of drug-likeness (QED) is 0.475. The second-order valence-electron chi connectivity index (χ2n) is 8.18. The second kappa shape index (κ2) is 10.6. The first-order valence-electron chi connectivity index (χ1n) is 11.1. The lowest BCUT2D eigenvalue weighted by Crippen LogP contribution is -2.39. The van der Waals surface area contributed by atoms with Gasteiger partial charge in [-0.2, -0.15) is 5.10 Å². The number of ether oxygens (including phenoxy) is 2. The van der Waals surface area contributed by atoms with Crippen LogP contribution in [-0.4, -0.2) is 55.2 Å². The number of likely N-dealkylation sites (N-methyl/N-ethyl adjacent to an activating group) is 1. The van der Waals surface area contributed by atoms with Gasteiger partial charge in [0.15, 0.2) is 0 Å². The van der Waals surface area contributed by atoms with Crippen molar-refractivity contribution in [3.05, 3.63) is 94.5 Å². The SMILES string of the molecule is COc1ccc(C(=O)N(C)CC(=O)N2N=C(c3cccc(OC)c3)CC2c2ccc(Cl)cc2)cc1. The highest BCUT2D eigenvalue weighted by atomic mass is 35.5. The van der Waals surface area contributed by atoms with Gasteiger partial charge in [-0.25, -0.2) is 5.01 Å². The molecule has 3 aromatic rings. The van der Waals surface area contributed by atoms with Gasteiger partial charge >= 0.3 is 0 Å². The maximum Gasteiger partial charge on any atom is 0.262 e. The van der Waals surface area contributed by atoms with Gasteiger partial charge in [0.2, 0.25) is 0 Å². The molecule has 1 heterocycles. The van der Waals surface area contributed by atoms with Gasteiger partial charge in [-0.05, 0) is 54.1 Å². The summed E-state index contributed by atoms with van der Waals surface area (Å²) in [5, 5.41) is 6.76. The Labute approximate surface area is 209 Å². The van der Waals surface area contributed by atoms with Crippen LogP contribution in [0.25, 0.3) is 0 Å². The topological polar surface area (TPSA) is 71.4 Å². The first-order valence-corrected chi connectivity index (χ1v) is 11.5. The van der Waals surface area contributed by atoms with Crippen molar-refractivity contribution < 1.29 is 19.1 Å². The van der Waals surface area contributed by atoms with E-state index in [4.69, 9.17) is 21.1 Å². The van der Waals surface area contributed by atoms with E-state index in [1.54, 1.807) is 57.7 Å². The molecule has 0 radical (unpaired) electrons. The summed E-state index contributed by atoms with van der Waals surface area (Å²) < 4.78 is 10.5. The molecular formula is C27H26ClN3O4. The molecule has 1 unspecified atom stereocenters. The maximum atomic E-state index is 13.4. The number of nitrogens with zero attached hydrogens (tertiary/aromatic N) is 3. The molecule has 35 heavy (non-hydrogen) atoms. The largest absolute Gasteiger partial charge is 0.497 e. The fraction of sp³-hybridized carbons (Fsp3) is 0.222. The lowest BCUT2D eigenvalue weighted by Gasteiger charge is -2.25. The molecule has 1 atom stereocenters. The summed E-state index contributed by atoms with van der Waals surface area (Å²) in [6, 6.07) is 21.4. The molecule has 8 heteroatoms. The molecule has 3 aromatic carbocycles. The predicted molar refractivity (Wildman–Crippen MR) is 135 cm³/mol. The molecule has 1 aliphatic rings. The average Bonchev–Trinajstić information content (AvgIpc) is 3.34. The Balaban J connectivity index is 1.58. The molecule has 1 aliphatic heterocycles. The third-order valence-corrected chi connectivity index (χ3v) is 6.13. The molecule has 0 saturated carbocycles. The Kier molecular flexibility index (Phi) is 7.36. The number of hydrazone groups is 1. The first-order chi connectivity index (χ1) is 16.9. The van der Waals surface area contributed by atoms with Crippen LogP contribution in [0.2, 0.25) is 5.02 Å². The van der Waals surface area contributed by atoms with E-state index in [2.05, 4.69) is 5.10 Å². The normalized spacial score (nSPS) is 14.9. The van der Waals surface area contributed by atoms with E-state index in [9.17, 15) is 9.59 Å². The summed E-state index contributed by atoms with van der Waals surface area (Å²) in [5.74, 6) is 0.817. The van der Waals surface area contributed by atoms with E-state index >= 15 is 0 Å². The summed E-state index contributed by atoms with van der Waals surface area (Å²) in [5.41, 5.74) is 3.02. The van der Waals surface area contributed by atoms with Gasteiger partial charge in [-0.15, -0.1) is 0 Å². The average molecular weight is 492 g/mol. The van der Waals surface area contributed by atoms with Gasteiger partial charge in [-0.3, -0.25) is 9.59 Å². The number of hydrogen-bond donors (Lipinski definition) is 0. The lowest BCUT2D eigenvalue weighted by molar-refractivity contribution is -0.133. The van der Waals surface area contributed by atoms with Crippen LogP contribution in [0, 0.1) is 0 Å². The smallest absolute Gasteiger partial charge is 0.262 e. The molecule has 0 saturated heterocycles. The summed E-state index contributed by atoms with van der Waals surface area (Å²) in [4.78, 5) is 27.7. The Bertz CT molecular complexity index is 1240. The highest BCUT2D eigenvalue weighted by Gasteiger charge is 2.34. The first kappa shape index (κ1) is 24.3. The van der Waals surface area contributed by atoms with Crippen LogP contribution in [0.5, 0.6) is 11.5 Å². The number of carbonyl (C=O) groups excluding carboxylic acids is 2. The minimum atomic E-state index is -0.314.